The number of para-hydroxylation sites is 1. The Morgan fingerprint density at radius 2 is 2.06 bits per heavy atom. The van der Waals surface area contributed by atoms with Gasteiger partial charge in [0.05, 0.1) is 0 Å². The Morgan fingerprint density at radius 3 is 2.65 bits per heavy atom. The molecule has 2 aliphatic rings. The van der Waals surface area contributed by atoms with Crippen LogP contribution in [-0.4, -0.2) is 11.6 Å². The number of allylic oxidation sites excluding steroid dienone is 2. The van der Waals surface area contributed by atoms with Crippen LogP contribution >= 0.6 is 0 Å². The van der Waals surface area contributed by atoms with E-state index in [0.29, 0.717) is 5.75 Å². The molecular formula is C14H13FO2. The Balaban J connectivity index is 1.77. The van der Waals surface area contributed by atoms with E-state index in [0.717, 1.165) is 6.42 Å². The summed E-state index contributed by atoms with van der Waals surface area (Å²) in [5, 5.41) is 0. The van der Waals surface area contributed by atoms with Gasteiger partial charge in [0.2, 0.25) is 5.67 Å². The summed E-state index contributed by atoms with van der Waals surface area (Å²) in [6.07, 6.45) is 4.80. The minimum Gasteiger partial charge on any atom is -0.424 e. The molecule has 0 aliphatic heterocycles. The molecule has 17 heavy (non-hydrogen) atoms. The number of fused-ring (bicyclic) bond motifs is 2. The second-order valence-electron chi connectivity index (χ2n) is 4.76. The van der Waals surface area contributed by atoms with Crippen LogP contribution in [0.3, 0.4) is 0 Å². The zero-order valence-electron chi connectivity index (χ0n) is 9.30. The molecule has 0 spiro atoms. The van der Waals surface area contributed by atoms with E-state index in [-0.39, 0.29) is 18.3 Å². The van der Waals surface area contributed by atoms with Gasteiger partial charge >= 0.3 is 5.97 Å². The average Bonchev–Trinajstić information content (AvgIpc) is 2.90. The number of benzene rings is 1. The van der Waals surface area contributed by atoms with Crippen LogP contribution in [0.2, 0.25) is 0 Å². The maximum absolute atomic E-state index is 14.6. The number of alkyl halides is 1. The predicted octanol–water partition coefficient (Wildman–Crippen LogP) is 2.90. The molecule has 1 fully saturated rings. The molecule has 3 rings (SSSR count). The summed E-state index contributed by atoms with van der Waals surface area (Å²) >= 11 is 0. The van der Waals surface area contributed by atoms with E-state index in [1.165, 1.54) is 0 Å². The molecule has 0 N–H and O–H groups in total. The van der Waals surface area contributed by atoms with Crippen molar-refractivity contribution >= 4 is 5.97 Å². The summed E-state index contributed by atoms with van der Waals surface area (Å²) in [7, 11) is 0. The molecule has 1 saturated carbocycles. The van der Waals surface area contributed by atoms with Crippen molar-refractivity contribution in [1.29, 1.82) is 0 Å². The SMILES string of the molecule is O=C(Oc1ccccc1)C1(F)CC2C=CC1C2. The van der Waals surface area contributed by atoms with Crippen LogP contribution in [0.1, 0.15) is 12.8 Å². The van der Waals surface area contributed by atoms with Crippen LogP contribution in [0.25, 0.3) is 0 Å². The van der Waals surface area contributed by atoms with Crippen molar-refractivity contribution in [3.63, 3.8) is 0 Å². The van der Waals surface area contributed by atoms with Crippen LogP contribution in [0.4, 0.5) is 4.39 Å². The number of hydrogen-bond donors (Lipinski definition) is 0. The maximum atomic E-state index is 14.6. The van der Waals surface area contributed by atoms with Crippen molar-refractivity contribution in [3.05, 3.63) is 42.5 Å². The Bertz CT molecular complexity index is 468. The number of esters is 1. The molecule has 0 radical (unpaired) electrons. The smallest absolute Gasteiger partial charge is 0.349 e. The van der Waals surface area contributed by atoms with Gasteiger partial charge in [-0.05, 0) is 30.9 Å². The van der Waals surface area contributed by atoms with Gasteiger partial charge in [0.1, 0.15) is 5.75 Å². The van der Waals surface area contributed by atoms with E-state index in [9.17, 15) is 9.18 Å². The van der Waals surface area contributed by atoms with Crippen molar-refractivity contribution in [2.24, 2.45) is 11.8 Å². The Kier molecular flexibility index (Phi) is 2.28. The minimum atomic E-state index is -1.82. The first-order chi connectivity index (χ1) is 8.18. The summed E-state index contributed by atoms with van der Waals surface area (Å²) in [6.45, 7) is 0. The monoisotopic (exact) mass is 232 g/mol. The summed E-state index contributed by atoms with van der Waals surface area (Å²) in [5.41, 5.74) is -1.82. The molecule has 0 aromatic heterocycles. The molecule has 3 atom stereocenters. The van der Waals surface area contributed by atoms with Gasteiger partial charge in [0.15, 0.2) is 0 Å². The van der Waals surface area contributed by atoms with E-state index in [4.69, 9.17) is 4.74 Å². The standard InChI is InChI=1S/C14H13FO2/c15-14(9-10-6-7-11(14)8-10)13(16)17-12-4-2-1-3-5-12/h1-7,10-11H,8-9H2. The fourth-order valence-corrected chi connectivity index (χ4v) is 2.71. The molecule has 1 aromatic rings. The van der Waals surface area contributed by atoms with Gasteiger partial charge in [-0.15, -0.1) is 0 Å². The van der Waals surface area contributed by atoms with E-state index in [2.05, 4.69) is 0 Å². The number of halogens is 1. The Labute approximate surface area is 99.1 Å². The predicted molar refractivity (Wildman–Crippen MR) is 61.3 cm³/mol. The molecule has 2 nitrogen and oxygen atoms in total. The van der Waals surface area contributed by atoms with Gasteiger partial charge in [-0.3, -0.25) is 0 Å². The molecular weight excluding hydrogens is 219 g/mol. The number of hydrogen-bond acceptors (Lipinski definition) is 2. The highest BCUT2D eigenvalue weighted by atomic mass is 19.1. The largest absolute Gasteiger partial charge is 0.424 e. The lowest BCUT2D eigenvalue weighted by molar-refractivity contribution is -0.149. The molecule has 3 heteroatoms. The van der Waals surface area contributed by atoms with E-state index >= 15 is 0 Å². The molecule has 0 amide bonds. The highest BCUT2D eigenvalue weighted by Gasteiger charge is 2.55. The van der Waals surface area contributed by atoms with Gasteiger partial charge in [-0.2, -0.15) is 0 Å². The van der Waals surface area contributed by atoms with E-state index in [1.54, 1.807) is 30.3 Å². The van der Waals surface area contributed by atoms with Crippen molar-refractivity contribution in [1.82, 2.24) is 0 Å². The van der Waals surface area contributed by atoms with Crippen molar-refractivity contribution < 1.29 is 13.9 Å². The lowest BCUT2D eigenvalue weighted by Gasteiger charge is -2.24. The molecule has 0 saturated heterocycles. The van der Waals surface area contributed by atoms with E-state index in [1.807, 2.05) is 12.1 Å². The number of rotatable bonds is 2. The normalized spacial score (nSPS) is 33.9. The highest BCUT2D eigenvalue weighted by Crippen LogP contribution is 2.49. The fourth-order valence-electron chi connectivity index (χ4n) is 2.71. The van der Waals surface area contributed by atoms with Gasteiger partial charge in [0, 0.05) is 5.92 Å². The van der Waals surface area contributed by atoms with Crippen LogP contribution in [0, 0.1) is 11.8 Å². The van der Waals surface area contributed by atoms with Crippen LogP contribution < -0.4 is 4.74 Å². The Morgan fingerprint density at radius 1 is 1.29 bits per heavy atom. The number of carbonyl (C=O) groups is 1. The van der Waals surface area contributed by atoms with Crippen LogP contribution in [0.5, 0.6) is 5.75 Å². The molecule has 0 heterocycles. The number of ether oxygens (including phenoxy) is 1. The first-order valence-corrected chi connectivity index (χ1v) is 5.83. The quantitative estimate of drug-likeness (QED) is 0.445. The summed E-state index contributed by atoms with van der Waals surface area (Å²) < 4.78 is 19.7. The zero-order chi connectivity index (χ0) is 11.9. The van der Waals surface area contributed by atoms with Gasteiger partial charge < -0.3 is 4.74 Å². The van der Waals surface area contributed by atoms with Gasteiger partial charge in [-0.1, -0.05) is 30.4 Å². The average molecular weight is 232 g/mol. The summed E-state index contributed by atoms with van der Waals surface area (Å²) in [6, 6.07) is 8.65. The van der Waals surface area contributed by atoms with Crippen LogP contribution in [0.15, 0.2) is 42.5 Å². The number of carbonyl (C=O) groups excluding carboxylic acids is 1. The first kappa shape index (κ1) is 10.5. The molecule has 2 aliphatic carbocycles. The molecule has 88 valence electrons. The second kappa shape index (κ2) is 3.69. The van der Waals surface area contributed by atoms with Crippen molar-refractivity contribution in [2.45, 2.75) is 18.5 Å². The summed E-state index contributed by atoms with van der Waals surface area (Å²) in [4.78, 5) is 11.9. The highest BCUT2D eigenvalue weighted by molar-refractivity contribution is 5.83. The maximum Gasteiger partial charge on any atom is 0.349 e. The first-order valence-electron chi connectivity index (χ1n) is 5.83. The topological polar surface area (TPSA) is 26.3 Å². The third-order valence-electron chi connectivity index (χ3n) is 3.61. The zero-order valence-corrected chi connectivity index (χ0v) is 9.30. The minimum absolute atomic E-state index is 0.202. The van der Waals surface area contributed by atoms with Gasteiger partial charge in [-0.25, -0.2) is 9.18 Å². The second-order valence-corrected chi connectivity index (χ2v) is 4.76. The lowest BCUT2D eigenvalue weighted by atomic mass is 9.90. The van der Waals surface area contributed by atoms with Crippen molar-refractivity contribution in [2.75, 3.05) is 0 Å². The van der Waals surface area contributed by atoms with Crippen molar-refractivity contribution in [3.8, 4) is 5.75 Å². The molecule has 3 unspecified atom stereocenters. The van der Waals surface area contributed by atoms with Gasteiger partial charge in [0.25, 0.3) is 0 Å². The van der Waals surface area contributed by atoms with Crippen LogP contribution in [-0.2, 0) is 4.79 Å². The Hall–Kier alpha value is -1.64. The third-order valence-corrected chi connectivity index (χ3v) is 3.61. The fraction of sp³-hybridized carbons (Fsp3) is 0.357. The van der Waals surface area contributed by atoms with E-state index < -0.39 is 11.6 Å². The molecule has 1 aromatic carbocycles. The third kappa shape index (κ3) is 1.66. The molecule has 2 bridgehead atoms. The summed E-state index contributed by atoms with van der Waals surface area (Å²) in [5.74, 6) is -0.445. The lowest BCUT2D eigenvalue weighted by Crippen LogP contribution is -2.41.